The van der Waals surface area contributed by atoms with Crippen LogP contribution in [0.15, 0.2) is 12.2 Å². The van der Waals surface area contributed by atoms with E-state index >= 15 is 0 Å². The van der Waals surface area contributed by atoms with Crippen molar-refractivity contribution in [2.45, 2.75) is 19.3 Å². The first-order valence-corrected chi connectivity index (χ1v) is 4.41. The zero-order valence-electron chi connectivity index (χ0n) is 7.00. The first-order chi connectivity index (χ1) is 5.43. The van der Waals surface area contributed by atoms with E-state index in [9.17, 15) is 0 Å². The Hall–Kier alpha value is -0.340. The molecule has 0 bridgehead atoms. The van der Waals surface area contributed by atoms with Gasteiger partial charge < -0.3 is 5.11 Å². The van der Waals surface area contributed by atoms with Gasteiger partial charge in [-0.2, -0.15) is 0 Å². The zero-order chi connectivity index (χ0) is 7.94. The Balaban J connectivity index is 2.09. The number of hydrogen-bond donors (Lipinski definition) is 1. The largest absolute Gasteiger partial charge is 0.392 e. The fourth-order valence-electron chi connectivity index (χ4n) is 1.44. The molecule has 0 radical (unpaired) electrons. The van der Waals surface area contributed by atoms with Crippen molar-refractivity contribution in [2.75, 3.05) is 26.2 Å². The number of rotatable bonds is 3. The second-order valence-corrected chi connectivity index (χ2v) is 3.02. The van der Waals surface area contributed by atoms with E-state index in [-0.39, 0.29) is 6.61 Å². The average Bonchev–Trinajstić information content (AvgIpc) is 2.07. The molecule has 1 fully saturated rings. The molecular weight excluding hydrogens is 138 g/mol. The van der Waals surface area contributed by atoms with Gasteiger partial charge in [0.1, 0.15) is 0 Å². The molecule has 1 heterocycles. The predicted molar refractivity (Wildman–Crippen MR) is 46.5 cm³/mol. The summed E-state index contributed by atoms with van der Waals surface area (Å²) in [6.45, 7) is 3.65. The molecule has 64 valence electrons. The van der Waals surface area contributed by atoms with E-state index < -0.39 is 0 Å². The van der Waals surface area contributed by atoms with Crippen molar-refractivity contribution in [3.63, 3.8) is 0 Å². The molecule has 0 atom stereocenters. The Morgan fingerprint density at radius 2 is 1.82 bits per heavy atom. The lowest BCUT2D eigenvalue weighted by Gasteiger charge is -2.24. The minimum Gasteiger partial charge on any atom is -0.392 e. The molecule has 0 aliphatic carbocycles. The molecule has 2 heteroatoms. The molecule has 0 aromatic heterocycles. The van der Waals surface area contributed by atoms with Gasteiger partial charge in [0.25, 0.3) is 0 Å². The van der Waals surface area contributed by atoms with Gasteiger partial charge in [-0.15, -0.1) is 0 Å². The van der Waals surface area contributed by atoms with Crippen molar-refractivity contribution in [1.29, 1.82) is 0 Å². The number of hydrogen-bond acceptors (Lipinski definition) is 2. The van der Waals surface area contributed by atoms with E-state index in [2.05, 4.69) is 4.90 Å². The lowest BCUT2D eigenvalue weighted by Crippen LogP contribution is -2.29. The lowest BCUT2D eigenvalue weighted by atomic mass is 10.1. The van der Waals surface area contributed by atoms with Gasteiger partial charge in [0.05, 0.1) is 6.61 Å². The Bertz CT molecular complexity index is 117. The number of aliphatic hydroxyl groups excluding tert-OH is 1. The molecule has 1 aliphatic rings. The third-order valence-electron chi connectivity index (χ3n) is 2.08. The maximum Gasteiger partial charge on any atom is 0.0612 e. The summed E-state index contributed by atoms with van der Waals surface area (Å²) >= 11 is 0. The molecule has 1 N–H and O–H groups in total. The molecule has 1 rings (SSSR count). The normalized spacial score (nSPS) is 21.2. The second kappa shape index (κ2) is 5.33. The van der Waals surface area contributed by atoms with Crippen molar-refractivity contribution in [1.82, 2.24) is 4.90 Å². The summed E-state index contributed by atoms with van der Waals surface area (Å²) in [7, 11) is 0. The number of piperidine rings is 1. The summed E-state index contributed by atoms with van der Waals surface area (Å²) < 4.78 is 0. The van der Waals surface area contributed by atoms with Crippen molar-refractivity contribution in [3.8, 4) is 0 Å². The smallest absolute Gasteiger partial charge is 0.0612 e. The van der Waals surface area contributed by atoms with Crippen LogP contribution in [0, 0.1) is 0 Å². The summed E-state index contributed by atoms with van der Waals surface area (Å²) in [5, 5.41) is 8.49. The third-order valence-corrected chi connectivity index (χ3v) is 2.08. The minimum absolute atomic E-state index is 0.174. The average molecular weight is 155 g/mol. The van der Waals surface area contributed by atoms with Gasteiger partial charge in [-0.05, 0) is 25.9 Å². The molecule has 11 heavy (non-hydrogen) atoms. The Morgan fingerprint density at radius 3 is 2.45 bits per heavy atom. The topological polar surface area (TPSA) is 23.5 Å². The molecule has 1 saturated heterocycles. The molecular formula is C9H17NO. The Morgan fingerprint density at radius 1 is 1.09 bits per heavy atom. The predicted octanol–water partition coefficient (Wildman–Crippen LogP) is 1.02. The van der Waals surface area contributed by atoms with Gasteiger partial charge >= 0.3 is 0 Å². The monoisotopic (exact) mass is 155 g/mol. The maximum atomic E-state index is 8.49. The summed E-state index contributed by atoms with van der Waals surface area (Å²) in [4.78, 5) is 2.43. The third kappa shape index (κ3) is 3.54. The van der Waals surface area contributed by atoms with Crippen molar-refractivity contribution in [2.24, 2.45) is 0 Å². The van der Waals surface area contributed by atoms with E-state index in [4.69, 9.17) is 5.11 Å². The van der Waals surface area contributed by atoms with Crippen LogP contribution in [0.3, 0.4) is 0 Å². The summed E-state index contributed by atoms with van der Waals surface area (Å²) in [6.07, 6.45) is 7.93. The van der Waals surface area contributed by atoms with Crippen LogP contribution < -0.4 is 0 Å². The first-order valence-electron chi connectivity index (χ1n) is 4.41. The standard InChI is InChI=1S/C9H17NO/c11-9-5-4-8-10-6-2-1-3-7-10/h4-5,11H,1-3,6-9H2/b5-4-. The van der Waals surface area contributed by atoms with Crippen LogP contribution in [0.2, 0.25) is 0 Å². The van der Waals surface area contributed by atoms with Crippen LogP contribution in [0.1, 0.15) is 19.3 Å². The maximum absolute atomic E-state index is 8.49. The van der Waals surface area contributed by atoms with Crippen LogP contribution in [0.5, 0.6) is 0 Å². The summed E-state index contributed by atoms with van der Waals surface area (Å²) in [5.41, 5.74) is 0. The van der Waals surface area contributed by atoms with Gasteiger partial charge in [-0.1, -0.05) is 18.6 Å². The van der Waals surface area contributed by atoms with Crippen LogP contribution >= 0.6 is 0 Å². The Kier molecular flexibility index (Phi) is 4.24. The van der Waals surface area contributed by atoms with Crippen LogP contribution in [-0.4, -0.2) is 36.2 Å². The van der Waals surface area contributed by atoms with Gasteiger partial charge in [-0.3, -0.25) is 4.90 Å². The second-order valence-electron chi connectivity index (χ2n) is 3.02. The highest BCUT2D eigenvalue weighted by Crippen LogP contribution is 2.07. The van der Waals surface area contributed by atoms with E-state index in [1.54, 1.807) is 0 Å². The molecule has 0 aromatic carbocycles. The highest BCUT2D eigenvalue weighted by atomic mass is 16.2. The fourth-order valence-corrected chi connectivity index (χ4v) is 1.44. The van der Waals surface area contributed by atoms with Gasteiger partial charge in [0, 0.05) is 6.54 Å². The molecule has 0 saturated carbocycles. The SMILES string of the molecule is OC/C=C\CN1CCCCC1. The van der Waals surface area contributed by atoms with Crippen molar-refractivity contribution in [3.05, 3.63) is 12.2 Å². The number of nitrogens with zero attached hydrogens (tertiary/aromatic N) is 1. The number of likely N-dealkylation sites (tertiary alicyclic amines) is 1. The molecule has 2 nitrogen and oxygen atoms in total. The van der Waals surface area contributed by atoms with Crippen LogP contribution in [0.4, 0.5) is 0 Å². The molecule has 0 spiro atoms. The van der Waals surface area contributed by atoms with Crippen LogP contribution in [0.25, 0.3) is 0 Å². The van der Waals surface area contributed by atoms with Crippen LogP contribution in [-0.2, 0) is 0 Å². The molecule has 0 aromatic rings. The van der Waals surface area contributed by atoms with E-state index in [0.717, 1.165) is 6.54 Å². The Labute approximate surface area is 68.5 Å². The van der Waals surface area contributed by atoms with Gasteiger partial charge in [-0.25, -0.2) is 0 Å². The molecule has 0 unspecified atom stereocenters. The van der Waals surface area contributed by atoms with E-state index in [1.165, 1.54) is 32.4 Å². The minimum atomic E-state index is 0.174. The van der Waals surface area contributed by atoms with Gasteiger partial charge in [0.2, 0.25) is 0 Å². The van der Waals surface area contributed by atoms with Gasteiger partial charge in [0.15, 0.2) is 0 Å². The zero-order valence-corrected chi connectivity index (χ0v) is 7.00. The summed E-state index contributed by atoms with van der Waals surface area (Å²) in [6, 6.07) is 0. The van der Waals surface area contributed by atoms with E-state index in [0.29, 0.717) is 0 Å². The fraction of sp³-hybridized carbons (Fsp3) is 0.778. The summed E-state index contributed by atoms with van der Waals surface area (Å²) in [5.74, 6) is 0. The quantitative estimate of drug-likeness (QED) is 0.615. The number of aliphatic hydroxyl groups is 1. The highest BCUT2D eigenvalue weighted by Gasteiger charge is 2.06. The first kappa shape index (κ1) is 8.75. The lowest BCUT2D eigenvalue weighted by molar-refractivity contribution is 0.251. The highest BCUT2D eigenvalue weighted by molar-refractivity contribution is 4.84. The van der Waals surface area contributed by atoms with Crippen molar-refractivity contribution >= 4 is 0 Å². The van der Waals surface area contributed by atoms with Crippen molar-refractivity contribution < 1.29 is 5.11 Å². The molecule has 1 aliphatic heterocycles. The van der Waals surface area contributed by atoms with E-state index in [1.807, 2.05) is 12.2 Å². The molecule has 0 amide bonds.